The van der Waals surface area contributed by atoms with Gasteiger partial charge < -0.3 is 19.3 Å². The minimum Gasteiger partial charge on any atom is -0.471 e. The summed E-state index contributed by atoms with van der Waals surface area (Å²) in [5.41, 5.74) is 2.41. The number of aromatic nitrogens is 1. The highest BCUT2D eigenvalue weighted by molar-refractivity contribution is 5.90. The van der Waals surface area contributed by atoms with Crippen molar-refractivity contribution in [2.24, 2.45) is 0 Å². The van der Waals surface area contributed by atoms with Crippen LogP contribution >= 0.6 is 0 Å². The van der Waals surface area contributed by atoms with Crippen LogP contribution in [0.4, 0.5) is 14.9 Å². The van der Waals surface area contributed by atoms with Gasteiger partial charge in [0.1, 0.15) is 24.3 Å². The third-order valence-corrected chi connectivity index (χ3v) is 4.98. The number of ether oxygens (including phenoxy) is 2. The molecular formula is C23H22FN3O5. The average molecular weight is 439 g/mol. The number of hydrogen-bond donors (Lipinski definition) is 1. The molecule has 2 heterocycles. The molecule has 1 aliphatic heterocycles. The molecule has 0 saturated carbocycles. The van der Waals surface area contributed by atoms with Crippen LogP contribution in [0.2, 0.25) is 0 Å². The first-order valence-corrected chi connectivity index (χ1v) is 10.1. The fourth-order valence-electron chi connectivity index (χ4n) is 3.35. The lowest BCUT2D eigenvalue weighted by molar-refractivity contribution is -0.119. The van der Waals surface area contributed by atoms with Crippen molar-refractivity contribution in [3.63, 3.8) is 0 Å². The first-order chi connectivity index (χ1) is 15.4. The summed E-state index contributed by atoms with van der Waals surface area (Å²) in [7, 11) is 0. The summed E-state index contributed by atoms with van der Waals surface area (Å²) in [6.07, 6.45) is -1.05. The van der Waals surface area contributed by atoms with E-state index < -0.39 is 18.0 Å². The molecular weight excluding hydrogens is 417 g/mol. The molecule has 166 valence electrons. The van der Waals surface area contributed by atoms with Crippen LogP contribution in [0.1, 0.15) is 18.2 Å². The van der Waals surface area contributed by atoms with Crippen molar-refractivity contribution in [2.75, 3.05) is 18.0 Å². The van der Waals surface area contributed by atoms with Gasteiger partial charge in [-0.05, 0) is 41.4 Å². The molecule has 0 aliphatic carbocycles. The Balaban J connectivity index is 1.41. The zero-order valence-electron chi connectivity index (χ0n) is 17.6. The molecule has 1 saturated heterocycles. The standard InChI is InChI=1S/C23H22FN3O5/c1-14-9-22(26-32-14)30-13-16-3-5-17(6-4-16)20-8-7-18(10-21(20)24)27-12-19(31-23(27)29)11-25-15(2)28/h3-10,19H,11-13H2,1-2H3,(H,25,28). The van der Waals surface area contributed by atoms with Gasteiger partial charge in [0.05, 0.1) is 18.8 Å². The molecule has 4 rings (SSSR count). The number of cyclic esters (lactones) is 1. The SMILES string of the molecule is CC(=O)NCC1CN(c2ccc(-c3ccc(COc4cc(C)on4)cc3)c(F)c2)C(=O)O1. The molecule has 0 radical (unpaired) electrons. The van der Waals surface area contributed by atoms with Gasteiger partial charge in [0.15, 0.2) is 0 Å². The summed E-state index contributed by atoms with van der Waals surface area (Å²) in [6, 6.07) is 13.6. The molecule has 0 spiro atoms. The summed E-state index contributed by atoms with van der Waals surface area (Å²) in [6.45, 7) is 3.93. The van der Waals surface area contributed by atoms with Crippen LogP contribution in [0.25, 0.3) is 11.1 Å². The molecule has 1 N–H and O–H groups in total. The van der Waals surface area contributed by atoms with Gasteiger partial charge in [-0.1, -0.05) is 24.3 Å². The van der Waals surface area contributed by atoms with E-state index in [9.17, 15) is 14.0 Å². The quantitative estimate of drug-likeness (QED) is 0.601. The molecule has 1 unspecified atom stereocenters. The highest BCUT2D eigenvalue weighted by atomic mass is 19.1. The second-order valence-electron chi connectivity index (χ2n) is 7.48. The minimum atomic E-state index is -0.570. The lowest BCUT2D eigenvalue weighted by Gasteiger charge is -2.14. The van der Waals surface area contributed by atoms with E-state index >= 15 is 0 Å². The van der Waals surface area contributed by atoms with Crippen LogP contribution in [0.5, 0.6) is 5.88 Å². The second-order valence-corrected chi connectivity index (χ2v) is 7.48. The minimum absolute atomic E-state index is 0.208. The highest BCUT2D eigenvalue weighted by Gasteiger charge is 2.32. The van der Waals surface area contributed by atoms with E-state index in [1.807, 2.05) is 12.1 Å². The Morgan fingerprint density at radius 3 is 2.69 bits per heavy atom. The van der Waals surface area contributed by atoms with Crippen molar-refractivity contribution >= 4 is 17.7 Å². The zero-order chi connectivity index (χ0) is 22.7. The maximum Gasteiger partial charge on any atom is 0.414 e. The van der Waals surface area contributed by atoms with Gasteiger partial charge in [0, 0.05) is 18.6 Å². The molecule has 2 amide bonds. The summed E-state index contributed by atoms with van der Waals surface area (Å²) < 4.78 is 30.6. The Hall–Kier alpha value is -3.88. The predicted octanol–water partition coefficient (Wildman–Crippen LogP) is 3.83. The Bertz CT molecular complexity index is 1130. The monoisotopic (exact) mass is 439 g/mol. The van der Waals surface area contributed by atoms with E-state index in [4.69, 9.17) is 14.0 Å². The van der Waals surface area contributed by atoms with E-state index in [1.54, 1.807) is 37.3 Å². The average Bonchev–Trinajstić information content (AvgIpc) is 3.36. The van der Waals surface area contributed by atoms with Crippen LogP contribution in [-0.4, -0.2) is 36.4 Å². The van der Waals surface area contributed by atoms with E-state index in [-0.39, 0.29) is 19.0 Å². The normalized spacial score (nSPS) is 15.5. The summed E-state index contributed by atoms with van der Waals surface area (Å²) >= 11 is 0. The fraction of sp³-hybridized carbons (Fsp3) is 0.261. The van der Waals surface area contributed by atoms with Gasteiger partial charge in [0.25, 0.3) is 5.88 Å². The van der Waals surface area contributed by atoms with Crippen molar-refractivity contribution in [1.29, 1.82) is 0 Å². The van der Waals surface area contributed by atoms with Gasteiger partial charge in [-0.2, -0.15) is 0 Å². The number of hydrogen-bond acceptors (Lipinski definition) is 6. The molecule has 1 fully saturated rings. The number of carbonyl (C=O) groups is 2. The van der Waals surface area contributed by atoms with Crippen LogP contribution in [0, 0.1) is 12.7 Å². The number of aryl methyl sites for hydroxylation is 1. The van der Waals surface area contributed by atoms with E-state index in [1.165, 1.54) is 17.9 Å². The maximum absolute atomic E-state index is 14.9. The van der Waals surface area contributed by atoms with Crippen LogP contribution in [0.15, 0.2) is 53.1 Å². The molecule has 1 atom stereocenters. The third kappa shape index (κ3) is 4.88. The molecule has 1 aromatic heterocycles. The van der Waals surface area contributed by atoms with E-state index in [2.05, 4.69) is 10.5 Å². The topological polar surface area (TPSA) is 93.9 Å². The van der Waals surface area contributed by atoms with Crippen LogP contribution < -0.4 is 15.0 Å². The Morgan fingerprint density at radius 2 is 2.03 bits per heavy atom. The molecule has 9 heteroatoms. The smallest absolute Gasteiger partial charge is 0.414 e. The van der Waals surface area contributed by atoms with Gasteiger partial charge in [0.2, 0.25) is 5.91 Å². The zero-order valence-corrected chi connectivity index (χ0v) is 17.6. The molecule has 1 aliphatic rings. The van der Waals surface area contributed by atoms with Crippen molar-refractivity contribution in [1.82, 2.24) is 10.5 Å². The van der Waals surface area contributed by atoms with Gasteiger partial charge in [-0.15, -0.1) is 0 Å². The molecule has 8 nitrogen and oxygen atoms in total. The van der Waals surface area contributed by atoms with E-state index in [0.717, 1.165) is 5.56 Å². The number of anilines is 1. The van der Waals surface area contributed by atoms with Gasteiger partial charge >= 0.3 is 6.09 Å². The lowest BCUT2D eigenvalue weighted by Crippen LogP contribution is -2.33. The molecule has 3 aromatic rings. The summed E-state index contributed by atoms with van der Waals surface area (Å²) in [5.74, 6) is 0.413. The fourth-order valence-corrected chi connectivity index (χ4v) is 3.35. The van der Waals surface area contributed by atoms with Gasteiger partial charge in [-0.25, -0.2) is 9.18 Å². The molecule has 2 aromatic carbocycles. The van der Waals surface area contributed by atoms with Crippen molar-refractivity contribution < 1.29 is 28.0 Å². The van der Waals surface area contributed by atoms with Crippen LogP contribution in [0.3, 0.4) is 0 Å². The van der Waals surface area contributed by atoms with Gasteiger partial charge in [-0.3, -0.25) is 9.69 Å². The largest absolute Gasteiger partial charge is 0.471 e. The predicted molar refractivity (Wildman–Crippen MR) is 114 cm³/mol. The molecule has 0 bridgehead atoms. The van der Waals surface area contributed by atoms with E-state index in [0.29, 0.717) is 35.1 Å². The Kier molecular flexibility index (Phi) is 6.07. The number of benzene rings is 2. The number of carbonyl (C=O) groups excluding carboxylic acids is 2. The lowest BCUT2D eigenvalue weighted by atomic mass is 10.0. The number of amides is 2. The Morgan fingerprint density at radius 1 is 1.25 bits per heavy atom. The van der Waals surface area contributed by atoms with Crippen LogP contribution in [-0.2, 0) is 16.1 Å². The number of nitrogens with one attached hydrogen (secondary N) is 1. The third-order valence-electron chi connectivity index (χ3n) is 4.98. The first kappa shape index (κ1) is 21.4. The Labute approximate surface area is 183 Å². The number of nitrogens with zero attached hydrogens (tertiary/aromatic N) is 2. The summed E-state index contributed by atoms with van der Waals surface area (Å²) in [4.78, 5) is 24.5. The van der Waals surface area contributed by atoms with Crippen molar-refractivity contribution in [3.8, 4) is 17.0 Å². The highest BCUT2D eigenvalue weighted by Crippen LogP contribution is 2.29. The van der Waals surface area contributed by atoms with Crippen molar-refractivity contribution in [3.05, 3.63) is 65.7 Å². The van der Waals surface area contributed by atoms with Crippen molar-refractivity contribution in [2.45, 2.75) is 26.6 Å². The number of halogens is 1. The molecule has 32 heavy (non-hydrogen) atoms. The summed E-state index contributed by atoms with van der Waals surface area (Å²) in [5, 5.41) is 6.39. The maximum atomic E-state index is 14.9. The second kappa shape index (κ2) is 9.09. The first-order valence-electron chi connectivity index (χ1n) is 10.1. The number of rotatable bonds is 7.